The second kappa shape index (κ2) is 12.2. The average molecular weight is 594 g/mol. The molecule has 0 bridgehead atoms. The molecule has 0 fully saturated rings. The van der Waals surface area contributed by atoms with Crippen LogP contribution in [0.15, 0.2) is 12.2 Å². The summed E-state index contributed by atoms with van der Waals surface area (Å²) in [4.78, 5) is 11.2. The first kappa shape index (κ1) is 36.5. The molecule has 20 heteroatoms. The van der Waals surface area contributed by atoms with E-state index < -0.39 is 42.9 Å². The summed E-state index contributed by atoms with van der Waals surface area (Å²) in [7, 11) is -13.0. The molecular weight excluding hydrogens is 568 g/mol. The molecule has 0 aromatic heterocycles. The molecule has 1 amide bonds. The van der Waals surface area contributed by atoms with Gasteiger partial charge in [-0.2, -0.15) is 43.9 Å². The van der Waals surface area contributed by atoms with Crippen LogP contribution in [-0.4, -0.2) is 83.3 Å². The standard InChI is InChI=1S/C12H24N2O.C4F10NO4S2/c1-6-14(5,7-2)10-8-9-13-12(15)11(3)4;5-1(6,7)3(11,12)20(16,17)15-21(18,19)4(13,14)2(8,9)10/h3,6-10H2,1-2,4-5H3;/q;-1/p+1. The van der Waals surface area contributed by atoms with Crippen molar-refractivity contribution in [3.05, 3.63) is 16.3 Å². The van der Waals surface area contributed by atoms with Gasteiger partial charge in [0.05, 0.1) is 26.7 Å². The van der Waals surface area contributed by atoms with E-state index in [1.807, 2.05) is 0 Å². The van der Waals surface area contributed by atoms with Gasteiger partial charge in [-0.05, 0) is 20.8 Å². The number of nitrogens with zero attached hydrogens (tertiary/aromatic N) is 2. The number of amides is 1. The summed E-state index contributed by atoms with van der Waals surface area (Å²) in [5.41, 5.74) is 0.582. The van der Waals surface area contributed by atoms with Gasteiger partial charge in [-0.25, -0.2) is 16.8 Å². The molecule has 0 rings (SSSR count). The van der Waals surface area contributed by atoms with E-state index in [1.54, 1.807) is 6.92 Å². The van der Waals surface area contributed by atoms with Crippen LogP contribution in [0.1, 0.15) is 27.2 Å². The zero-order chi connectivity index (χ0) is 29.6. The third kappa shape index (κ3) is 9.33. The van der Waals surface area contributed by atoms with Crippen molar-refractivity contribution in [3.8, 4) is 0 Å². The van der Waals surface area contributed by atoms with Gasteiger partial charge in [-0.1, -0.05) is 6.58 Å². The number of sulfonamides is 2. The Morgan fingerprint density at radius 1 is 0.833 bits per heavy atom. The van der Waals surface area contributed by atoms with Crippen LogP contribution in [0.2, 0.25) is 0 Å². The van der Waals surface area contributed by atoms with Crippen LogP contribution in [0.3, 0.4) is 0 Å². The average Bonchev–Trinajstić information content (AvgIpc) is 2.68. The highest BCUT2D eigenvalue weighted by Crippen LogP contribution is 2.47. The normalized spacial score (nSPS) is 14.1. The van der Waals surface area contributed by atoms with Crippen LogP contribution in [0.4, 0.5) is 43.9 Å². The lowest BCUT2D eigenvalue weighted by Gasteiger charge is -2.32. The van der Waals surface area contributed by atoms with Gasteiger partial charge < -0.3 is 13.9 Å². The van der Waals surface area contributed by atoms with Crippen LogP contribution in [0, 0.1) is 0 Å². The first-order valence-corrected chi connectivity index (χ1v) is 12.4. The minimum atomic E-state index is -7.62. The van der Waals surface area contributed by atoms with E-state index >= 15 is 0 Å². The first-order chi connectivity index (χ1) is 15.7. The Kier molecular flexibility index (Phi) is 12.4. The molecule has 36 heavy (non-hydrogen) atoms. The summed E-state index contributed by atoms with van der Waals surface area (Å²) in [5, 5.41) is -11.1. The molecule has 0 aliphatic heterocycles. The molecule has 0 spiro atoms. The highest BCUT2D eigenvalue weighted by molar-refractivity contribution is 8.13. The Balaban J connectivity index is 0. The molecular formula is C16H25F10N3O5S2. The summed E-state index contributed by atoms with van der Waals surface area (Å²) in [6.45, 7) is 13.9. The van der Waals surface area contributed by atoms with Crippen molar-refractivity contribution in [2.45, 2.75) is 50.1 Å². The first-order valence-electron chi connectivity index (χ1n) is 9.55. The van der Waals surface area contributed by atoms with Gasteiger partial charge in [0, 0.05) is 18.5 Å². The van der Waals surface area contributed by atoms with E-state index in [2.05, 4.69) is 32.8 Å². The number of quaternary nitrogens is 1. The van der Waals surface area contributed by atoms with Gasteiger partial charge in [-0.3, -0.25) is 4.79 Å². The molecule has 1 N–H and O–H groups in total. The smallest absolute Gasteiger partial charge is 0.425 e. The summed E-state index contributed by atoms with van der Waals surface area (Å²) in [6.07, 6.45) is -13.0. The fraction of sp³-hybridized carbons (Fsp3) is 0.812. The molecule has 0 aliphatic rings. The maximum absolute atomic E-state index is 12.3. The second-order valence-corrected chi connectivity index (χ2v) is 10.9. The second-order valence-electron chi connectivity index (χ2n) is 7.42. The maximum atomic E-state index is 12.3. The lowest BCUT2D eigenvalue weighted by molar-refractivity contribution is -0.906. The Bertz CT molecular complexity index is 920. The molecule has 0 aromatic rings. The third-order valence-electron chi connectivity index (χ3n) is 4.58. The predicted octanol–water partition coefficient (Wildman–Crippen LogP) is 3.89. The Hall–Kier alpha value is -1.67. The van der Waals surface area contributed by atoms with Crippen molar-refractivity contribution in [1.82, 2.24) is 5.32 Å². The topological polar surface area (TPSA) is 111 Å². The van der Waals surface area contributed by atoms with Crippen molar-refractivity contribution in [2.75, 3.05) is 33.2 Å². The number of rotatable bonds is 11. The minimum absolute atomic E-state index is 0.0304. The highest BCUT2D eigenvalue weighted by atomic mass is 32.3. The molecule has 0 atom stereocenters. The Labute approximate surface area is 201 Å². The van der Waals surface area contributed by atoms with Crippen molar-refractivity contribution in [3.63, 3.8) is 0 Å². The van der Waals surface area contributed by atoms with Gasteiger partial charge in [0.2, 0.25) is 5.91 Å². The molecule has 0 saturated heterocycles. The van der Waals surface area contributed by atoms with Crippen LogP contribution in [0.25, 0.3) is 4.13 Å². The Morgan fingerprint density at radius 2 is 1.17 bits per heavy atom. The number of hydrogen-bond donors (Lipinski definition) is 1. The van der Waals surface area contributed by atoms with E-state index in [0.29, 0.717) is 9.70 Å². The van der Waals surface area contributed by atoms with Gasteiger partial charge in [0.25, 0.3) is 0 Å². The largest absolute Gasteiger partial charge is 0.467 e. The molecule has 0 aliphatic carbocycles. The zero-order valence-electron chi connectivity index (χ0n) is 19.3. The lowest BCUT2D eigenvalue weighted by Crippen LogP contribution is -2.48. The maximum Gasteiger partial charge on any atom is 0.467 e. The van der Waals surface area contributed by atoms with E-state index in [-0.39, 0.29) is 5.91 Å². The molecule has 216 valence electrons. The summed E-state index contributed by atoms with van der Waals surface area (Å²) in [5.74, 6) is -0.0304. The van der Waals surface area contributed by atoms with Crippen molar-refractivity contribution in [2.24, 2.45) is 0 Å². The fourth-order valence-corrected chi connectivity index (χ4v) is 4.24. The molecule has 0 aromatic carbocycles. The predicted molar refractivity (Wildman–Crippen MR) is 108 cm³/mol. The minimum Gasteiger partial charge on any atom is -0.425 e. The summed E-state index contributed by atoms with van der Waals surface area (Å²) >= 11 is 0. The van der Waals surface area contributed by atoms with Gasteiger partial charge >= 0.3 is 22.9 Å². The van der Waals surface area contributed by atoms with Gasteiger partial charge in [0.1, 0.15) is 0 Å². The molecule has 0 radical (unpaired) electrons. The number of carbonyl (C=O) groups excluding carboxylic acids is 1. The highest BCUT2D eigenvalue weighted by Gasteiger charge is 2.68. The monoisotopic (exact) mass is 593 g/mol. The molecule has 8 nitrogen and oxygen atoms in total. The summed E-state index contributed by atoms with van der Waals surface area (Å²) in [6, 6.07) is 0. The lowest BCUT2D eigenvalue weighted by atomic mass is 10.3. The molecule has 0 unspecified atom stereocenters. The molecule has 0 saturated carbocycles. The fourth-order valence-electron chi connectivity index (χ4n) is 1.87. The number of halogens is 10. The Morgan fingerprint density at radius 3 is 1.42 bits per heavy atom. The van der Waals surface area contributed by atoms with E-state index in [1.165, 1.54) is 0 Å². The van der Waals surface area contributed by atoms with E-state index in [4.69, 9.17) is 0 Å². The van der Waals surface area contributed by atoms with Crippen LogP contribution >= 0.6 is 0 Å². The SMILES string of the molecule is C=C(C)C(=O)NCCC[N+](C)(CC)CC.O=S(=O)([N-]S(=O)(=O)C(F)(F)C(F)(F)F)C(F)(F)C(F)(F)F. The van der Waals surface area contributed by atoms with E-state index in [0.717, 1.165) is 37.1 Å². The number of nitrogens with one attached hydrogen (secondary N) is 1. The molecule has 0 heterocycles. The van der Waals surface area contributed by atoms with Gasteiger partial charge in [-0.15, -0.1) is 0 Å². The zero-order valence-corrected chi connectivity index (χ0v) is 20.9. The number of alkyl halides is 10. The van der Waals surface area contributed by atoms with Gasteiger partial charge in [0.15, 0.2) is 20.0 Å². The van der Waals surface area contributed by atoms with Crippen molar-refractivity contribution >= 4 is 26.0 Å². The number of hydrogen-bond acceptors (Lipinski definition) is 5. The van der Waals surface area contributed by atoms with Crippen molar-refractivity contribution < 1.29 is 70.0 Å². The van der Waals surface area contributed by atoms with Crippen LogP contribution in [0.5, 0.6) is 0 Å². The number of carbonyl (C=O) groups is 1. The third-order valence-corrected chi connectivity index (χ3v) is 7.91. The summed E-state index contributed by atoms with van der Waals surface area (Å²) < 4.78 is 162. The van der Waals surface area contributed by atoms with Crippen LogP contribution < -0.4 is 5.32 Å². The van der Waals surface area contributed by atoms with E-state index in [9.17, 15) is 65.5 Å². The quantitative estimate of drug-likeness (QED) is 0.169. The van der Waals surface area contributed by atoms with Crippen molar-refractivity contribution in [1.29, 1.82) is 0 Å². The van der Waals surface area contributed by atoms with Crippen LogP contribution in [-0.2, 0) is 24.8 Å².